The van der Waals surface area contributed by atoms with E-state index in [0.29, 0.717) is 6.04 Å². The van der Waals surface area contributed by atoms with Crippen molar-refractivity contribution in [3.05, 3.63) is 23.0 Å². The lowest BCUT2D eigenvalue weighted by Gasteiger charge is -2.31. The third kappa shape index (κ3) is 1.71. The highest BCUT2D eigenvalue weighted by atomic mass is 35.5. The van der Waals surface area contributed by atoms with Gasteiger partial charge in [0.1, 0.15) is 5.82 Å². The SMILES string of the molecule is Fc1cc2c(cc1Cl)N(C1CC1)CNS2. The van der Waals surface area contributed by atoms with Gasteiger partial charge in [0.05, 0.1) is 17.4 Å². The van der Waals surface area contributed by atoms with Crippen LogP contribution in [-0.2, 0) is 0 Å². The largest absolute Gasteiger partial charge is 0.354 e. The molecule has 1 N–H and O–H groups in total. The van der Waals surface area contributed by atoms with Gasteiger partial charge >= 0.3 is 0 Å². The van der Waals surface area contributed by atoms with Gasteiger partial charge in [0, 0.05) is 10.9 Å². The molecular weight excluding hydrogens is 235 g/mol. The summed E-state index contributed by atoms with van der Waals surface area (Å²) < 4.78 is 16.5. The number of hydrogen-bond acceptors (Lipinski definition) is 3. The number of rotatable bonds is 1. The van der Waals surface area contributed by atoms with Gasteiger partial charge < -0.3 is 4.90 Å². The van der Waals surface area contributed by atoms with Crippen molar-refractivity contribution in [3.63, 3.8) is 0 Å². The minimum absolute atomic E-state index is 0.210. The first-order valence-electron chi connectivity index (χ1n) is 4.91. The van der Waals surface area contributed by atoms with Gasteiger partial charge in [0.2, 0.25) is 0 Å². The van der Waals surface area contributed by atoms with E-state index < -0.39 is 0 Å². The maximum absolute atomic E-state index is 13.3. The molecule has 0 radical (unpaired) electrons. The van der Waals surface area contributed by atoms with E-state index >= 15 is 0 Å². The van der Waals surface area contributed by atoms with Gasteiger partial charge in [-0.15, -0.1) is 0 Å². The molecular formula is C10H10ClFN2S. The predicted octanol–water partition coefficient (Wildman–Crippen LogP) is 3.02. The van der Waals surface area contributed by atoms with Crippen LogP contribution in [0.2, 0.25) is 5.02 Å². The Bertz CT molecular complexity index is 409. The van der Waals surface area contributed by atoms with Crippen LogP contribution in [-0.4, -0.2) is 12.7 Å². The number of nitrogens with zero attached hydrogens (tertiary/aromatic N) is 1. The summed E-state index contributed by atoms with van der Waals surface area (Å²) in [5.74, 6) is -0.345. The van der Waals surface area contributed by atoms with Gasteiger partial charge in [0.25, 0.3) is 0 Å². The van der Waals surface area contributed by atoms with Crippen LogP contribution in [0.3, 0.4) is 0 Å². The Morgan fingerprint density at radius 3 is 3.00 bits per heavy atom. The third-order valence-corrected chi connectivity index (χ3v) is 3.83. The number of hydrogen-bond donors (Lipinski definition) is 1. The summed E-state index contributed by atoms with van der Waals surface area (Å²) in [6, 6.07) is 3.85. The Balaban J connectivity index is 2.05. The minimum atomic E-state index is -0.345. The van der Waals surface area contributed by atoms with Crippen molar-refractivity contribution in [2.45, 2.75) is 23.8 Å². The van der Waals surface area contributed by atoms with Crippen molar-refractivity contribution in [2.75, 3.05) is 11.6 Å². The van der Waals surface area contributed by atoms with Crippen LogP contribution in [0.25, 0.3) is 0 Å². The van der Waals surface area contributed by atoms with E-state index in [9.17, 15) is 4.39 Å². The number of anilines is 1. The van der Waals surface area contributed by atoms with Crippen LogP contribution in [0.15, 0.2) is 17.0 Å². The van der Waals surface area contributed by atoms with Crippen molar-refractivity contribution in [1.29, 1.82) is 0 Å². The van der Waals surface area contributed by atoms with Crippen molar-refractivity contribution in [3.8, 4) is 0 Å². The average Bonchev–Trinajstić information content (AvgIpc) is 3.02. The van der Waals surface area contributed by atoms with E-state index in [0.717, 1.165) is 17.3 Å². The van der Waals surface area contributed by atoms with Crippen molar-refractivity contribution in [2.24, 2.45) is 0 Å². The molecule has 0 spiro atoms. The topological polar surface area (TPSA) is 15.3 Å². The molecule has 15 heavy (non-hydrogen) atoms. The molecule has 2 aliphatic rings. The fraction of sp³-hybridized carbons (Fsp3) is 0.400. The zero-order valence-corrected chi connectivity index (χ0v) is 9.54. The van der Waals surface area contributed by atoms with Crippen LogP contribution >= 0.6 is 23.5 Å². The highest BCUT2D eigenvalue weighted by molar-refractivity contribution is 7.97. The second-order valence-corrected chi connectivity index (χ2v) is 5.18. The smallest absolute Gasteiger partial charge is 0.143 e. The maximum atomic E-state index is 13.3. The molecule has 1 aliphatic carbocycles. The Morgan fingerprint density at radius 1 is 1.47 bits per heavy atom. The molecule has 0 bridgehead atoms. The Hall–Kier alpha value is -0.450. The average molecular weight is 245 g/mol. The molecule has 0 unspecified atom stereocenters. The predicted molar refractivity (Wildman–Crippen MR) is 60.8 cm³/mol. The fourth-order valence-electron chi connectivity index (χ4n) is 1.80. The minimum Gasteiger partial charge on any atom is -0.354 e. The molecule has 5 heteroatoms. The lowest BCUT2D eigenvalue weighted by atomic mass is 10.2. The van der Waals surface area contributed by atoms with E-state index in [-0.39, 0.29) is 10.8 Å². The standard InChI is InChI=1S/C10H10ClFN2S/c11-7-3-9-10(4-8(7)12)15-13-5-14(9)6-1-2-6/h3-4,6,13H,1-2,5H2. The van der Waals surface area contributed by atoms with Gasteiger partial charge in [-0.25, -0.2) is 9.11 Å². The molecule has 1 saturated carbocycles. The molecule has 0 amide bonds. The zero-order chi connectivity index (χ0) is 10.4. The number of halogens is 2. The van der Waals surface area contributed by atoms with Gasteiger partial charge in [-0.1, -0.05) is 11.6 Å². The maximum Gasteiger partial charge on any atom is 0.143 e. The van der Waals surface area contributed by atoms with E-state index in [1.807, 2.05) is 0 Å². The summed E-state index contributed by atoms with van der Waals surface area (Å²) in [7, 11) is 0. The normalized spacial score (nSPS) is 20.3. The lowest BCUT2D eigenvalue weighted by molar-refractivity contribution is 0.622. The molecule has 0 saturated heterocycles. The second kappa shape index (κ2) is 3.54. The molecule has 2 nitrogen and oxygen atoms in total. The van der Waals surface area contributed by atoms with E-state index in [1.165, 1.54) is 30.9 Å². The van der Waals surface area contributed by atoms with Crippen LogP contribution in [0.1, 0.15) is 12.8 Å². The summed E-state index contributed by atoms with van der Waals surface area (Å²) in [6.45, 7) is 0.810. The first-order valence-corrected chi connectivity index (χ1v) is 6.10. The summed E-state index contributed by atoms with van der Waals surface area (Å²) in [5, 5.41) is 0.210. The number of fused-ring (bicyclic) bond motifs is 1. The molecule has 1 fully saturated rings. The van der Waals surface area contributed by atoms with Gasteiger partial charge in [0.15, 0.2) is 0 Å². The number of nitrogens with one attached hydrogen (secondary N) is 1. The Kier molecular flexibility index (Phi) is 2.30. The first kappa shape index (κ1) is 9.75. The van der Waals surface area contributed by atoms with Crippen LogP contribution < -0.4 is 9.62 Å². The molecule has 1 aromatic carbocycles. The molecule has 0 atom stereocenters. The van der Waals surface area contributed by atoms with Gasteiger partial charge in [-0.3, -0.25) is 0 Å². The molecule has 0 aromatic heterocycles. The Morgan fingerprint density at radius 2 is 2.27 bits per heavy atom. The van der Waals surface area contributed by atoms with Crippen molar-refractivity contribution < 1.29 is 4.39 Å². The zero-order valence-electron chi connectivity index (χ0n) is 7.96. The van der Waals surface area contributed by atoms with E-state index in [4.69, 9.17) is 11.6 Å². The van der Waals surface area contributed by atoms with Crippen molar-refractivity contribution in [1.82, 2.24) is 4.72 Å². The van der Waals surface area contributed by atoms with E-state index in [1.54, 1.807) is 6.07 Å². The monoisotopic (exact) mass is 244 g/mol. The number of benzene rings is 1. The lowest BCUT2D eigenvalue weighted by Crippen LogP contribution is -2.36. The highest BCUT2D eigenvalue weighted by Crippen LogP contribution is 2.41. The van der Waals surface area contributed by atoms with Crippen molar-refractivity contribution >= 4 is 29.2 Å². The third-order valence-electron chi connectivity index (χ3n) is 2.72. The van der Waals surface area contributed by atoms with E-state index in [2.05, 4.69) is 9.62 Å². The first-order chi connectivity index (χ1) is 7.25. The fourth-order valence-corrected chi connectivity index (χ4v) is 2.76. The summed E-state index contributed by atoms with van der Waals surface area (Å²) >= 11 is 7.27. The van der Waals surface area contributed by atoms with Gasteiger partial charge in [-0.05, 0) is 36.9 Å². The summed E-state index contributed by atoms with van der Waals surface area (Å²) in [6.07, 6.45) is 2.45. The Labute approximate surface area is 96.9 Å². The molecule has 1 heterocycles. The molecule has 1 aliphatic heterocycles. The second-order valence-electron chi connectivity index (χ2n) is 3.84. The molecule has 3 rings (SSSR count). The quantitative estimate of drug-likeness (QED) is 0.765. The summed E-state index contributed by atoms with van der Waals surface area (Å²) in [4.78, 5) is 3.19. The highest BCUT2D eigenvalue weighted by Gasteiger charge is 2.32. The summed E-state index contributed by atoms with van der Waals surface area (Å²) in [5.41, 5.74) is 1.06. The van der Waals surface area contributed by atoms with Gasteiger partial charge in [-0.2, -0.15) is 0 Å². The van der Waals surface area contributed by atoms with Crippen LogP contribution in [0, 0.1) is 5.82 Å². The molecule has 80 valence electrons. The van der Waals surface area contributed by atoms with Crippen LogP contribution in [0.4, 0.5) is 10.1 Å². The molecule has 1 aromatic rings. The van der Waals surface area contributed by atoms with Crippen LogP contribution in [0.5, 0.6) is 0 Å².